The number of hydrogen-bond donors (Lipinski definition) is 0. The summed E-state index contributed by atoms with van der Waals surface area (Å²) < 4.78 is 17.1. The standard InChI is InChI=1S/C31H26B5FN3OP/c1-5-7-18-8-6-9-21(17-41)28(18)25-16-26(39(2)31(35,36)30(32,33)34)29-38-23-12-10-20(15-24(23)40(25)29)19-11-13-27(42(3)4)22(37)14-19/h6,8-15,17,25-26H,16H2,1-4H3. The highest BCUT2D eigenvalue weighted by atomic mass is 31.1. The number of carbonyl (C=O) groups is 1. The van der Waals surface area contributed by atoms with Crippen molar-refractivity contribution in [2.75, 3.05) is 20.4 Å². The lowest BCUT2D eigenvalue weighted by molar-refractivity contribution is 0.112. The molecule has 1 aliphatic heterocycles. The Bertz CT molecular complexity index is 1760. The van der Waals surface area contributed by atoms with Crippen LogP contribution in [0.3, 0.4) is 0 Å². The lowest BCUT2D eigenvalue weighted by Gasteiger charge is -2.51. The van der Waals surface area contributed by atoms with Crippen LogP contribution in [0.4, 0.5) is 4.39 Å². The van der Waals surface area contributed by atoms with Gasteiger partial charge in [-0.1, -0.05) is 49.5 Å². The first-order valence-electron chi connectivity index (χ1n) is 13.5. The fourth-order valence-electron chi connectivity index (χ4n) is 5.77. The number of nitrogens with zero attached hydrogens (tertiary/aromatic N) is 3. The Hall–Kier alpha value is -3.00. The van der Waals surface area contributed by atoms with Crippen molar-refractivity contribution in [3.63, 3.8) is 0 Å². The molecular formula is C31H26B5FN3OP. The molecule has 5 rings (SSSR count). The molecule has 11 heteroatoms. The van der Waals surface area contributed by atoms with E-state index in [4.69, 9.17) is 44.2 Å². The van der Waals surface area contributed by atoms with Gasteiger partial charge in [0, 0.05) is 22.0 Å². The minimum Gasteiger partial charge on any atom is -0.319 e. The second kappa shape index (κ2) is 11.3. The van der Waals surface area contributed by atoms with Gasteiger partial charge in [-0.15, -0.1) is 11.0 Å². The van der Waals surface area contributed by atoms with Crippen molar-refractivity contribution in [1.82, 2.24) is 14.5 Å². The third-order valence-electron chi connectivity index (χ3n) is 8.14. The van der Waals surface area contributed by atoms with Crippen molar-refractivity contribution in [1.29, 1.82) is 0 Å². The number of fused-ring (bicyclic) bond motifs is 3. The third kappa shape index (κ3) is 5.10. The van der Waals surface area contributed by atoms with E-state index in [-0.39, 0.29) is 11.9 Å². The molecule has 0 aliphatic carbocycles. The summed E-state index contributed by atoms with van der Waals surface area (Å²) in [7, 11) is 31.9. The van der Waals surface area contributed by atoms with Crippen LogP contribution in [0.5, 0.6) is 0 Å². The molecule has 0 amide bonds. The van der Waals surface area contributed by atoms with Gasteiger partial charge in [-0.2, -0.15) is 0 Å². The monoisotopic (exact) mass is 561 g/mol. The molecule has 3 aromatic carbocycles. The Kier molecular flexibility index (Phi) is 8.16. The number of aldehydes is 1. The average molecular weight is 561 g/mol. The summed E-state index contributed by atoms with van der Waals surface area (Å²) in [6.07, 6.45) is 1.27. The van der Waals surface area contributed by atoms with E-state index in [1.807, 2.05) is 55.8 Å². The fourth-order valence-corrected chi connectivity index (χ4v) is 6.63. The molecule has 2 atom stereocenters. The highest BCUT2D eigenvalue weighted by Gasteiger charge is 2.44. The maximum atomic E-state index is 15.0. The molecule has 0 spiro atoms. The molecule has 2 heterocycles. The lowest BCUT2D eigenvalue weighted by Crippen LogP contribution is -2.58. The summed E-state index contributed by atoms with van der Waals surface area (Å²) in [5, 5.41) is -3.02. The number of halogens is 1. The zero-order valence-corrected chi connectivity index (χ0v) is 25.0. The minimum atomic E-state index is -1.93. The highest BCUT2D eigenvalue weighted by Crippen LogP contribution is 2.48. The quantitative estimate of drug-likeness (QED) is 0.149. The zero-order valence-electron chi connectivity index (χ0n) is 24.1. The SMILES string of the molecule is [B]C([B])([B])C([B])([B])N(C)C1CC(c2c(C#CC)cccc2C=O)n2c1nc1ccc(-c3ccc(P(C)C)c(F)c3)cc12. The molecule has 2 unspecified atom stereocenters. The van der Waals surface area contributed by atoms with Crippen LogP contribution in [0, 0.1) is 17.7 Å². The Balaban J connectivity index is 1.75. The normalized spacial score (nSPS) is 16.9. The van der Waals surface area contributed by atoms with E-state index in [1.54, 1.807) is 31.0 Å². The summed E-state index contributed by atoms with van der Waals surface area (Å²) in [4.78, 5) is 18.9. The highest BCUT2D eigenvalue weighted by molar-refractivity contribution is 7.64. The van der Waals surface area contributed by atoms with Crippen molar-refractivity contribution >= 4 is 69.8 Å². The Morgan fingerprint density at radius 2 is 1.76 bits per heavy atom. The van der Waals surface area contributed by atoms with Gasteiger partial charge in [0.05, 0.1) is 62.3 Å². The fraction of sp³-hybridized carbons (Fsp3) is 0.290. The smallest absolute Gasteiger partial charge is 0.150 e. The van der Waals surface area contributed by atoms with Crippen LogP contribution in [-0.2, 0) is 0 Å². The molecule has 0 saturated carbocycles. The topological polar surface area (TPSA) is 38.1 Å². The first-order chi connectivity index (χ1) is 19.8. The maximum absolute atomic E-state index is 15.0. The van der Waals surface area contributed by atoms with Crippen LogP contribution >= 0.6 is 7.92 Å². The van der Waals surface area contributed by atoms with Gasteiger partial charge in [0.1, 0.15) is 17.9 Å². The van der Waals surface area contributed by atoms with Gasteiger partial charge in [0.25, 0.3) is 0 Å². The van der Waals surface area contributed by atoms with Gasteiger partial charge in [0.15, 0.2) is 0 Å². The zero-order chi connectivity index (χ0) is 30.6. The van der Waals surface area contributed by atoms with Gasteiger partial charge < -0.3 is 9.47 Å². The van der Waals surface area contributed by atoms with Crippen LogP contribution in [0.25, 0.3) is 22.2 Å². The molecule has 0 N–H and O–H groups in total. The van der Waals surface area contributed by atoms with E-state index >= 15 is 0 Å². The molecule has 198 valence electrons. The van der Waals surface area contributed by atoms with Crippen molar-refractivity contribution in [2.45, 2.75) is 35.9 Å². The average Bonchev–Trinajstić information content (AvgIpc) is 3.48. The maximum Gasteiger partial charge on any atom is 0.150 e. The largest absolute Gasteiger partial charge is 0.319 e. The molecule has 0 bridgehead atoms. The molecular weight excluding hydrogens is 534 g/mol. The van der Waals surface area contributed by atoms with Gasteiger partial charge in [0.2, 0.25) is 0 Å². The minimum absolute atomic E-state index is 0.222. The molecule has 10 radical (unpaired) electrons. The third-order valence-corrected chi connectivity index (χ3v) is 9.47. The molecule has 0 fully saturated rings. The second-order valence-corrected chi connectivity index (χ2v) is 13.3. The van der Waals surface area contributed by atoms with Crippen LogP contribution in [0.1, 0.15) is 52.7 Å². The summed E-state index contributed by atoms with van der Waals surface area (Å²) in [5.41, 5.74) is 5.10. The molecule has 0 saturated heterocycles. The molecule has 1 aromatic heterocycles. The van der Waals surface area contributed by atoms with Gasteiger partial charge >= 0.3 is 0 Å². The van der Waals surface area contributed by atoms with Crippen LogP contribution in [-0.4, -0.2) is 85.7 Å². The molecule has 4 nitrogen and oxygen atoms in total. The number of aromatic nitrogens is 2. The van der Waals surface area contributed by atoms with Gasteiger partial charge in [-0.05, 0) is 69.1 Å². The first-order valence-corrected chi connectivity index (χ1v) is 15.7. The van der Waals surface area contributed by atoms with Crippen molar-refractivity contribution in [3.8, 4) is 23.0 Å². The predicted molar refractivity (Wildman–Crippen MR) is 175 cm³/mol. The van der Waals surface area contributed by atoms with Crippen molar-refractivity contribution < 1.29 is 9.18 Å². The number of imidazole rings is 1. The summed E-state index contributed by atoms with van der Waals surface area (Å²) >= 11 is 0. The van der Waals surface area contributed by atoms with Gasteiger partial charge in [-0.25, -0.2) is 9.37 Å². The van der Waals surface area contributed by atoms with E-state index in [2.05, 4.69) is 16.4 Å². The number of carbonyl (C=O) groups excluding carboxylic acids is 1. The van der Waals surface area contributed by atoms with E-state index in [9.17, 15) is 9.18 Å². The predicted octanol–water partition coefficient (Wildman–Crippen LogP) is 3.93. The van der Waals surface area contributed by atoms with E-state index < -0.39 is 24.4 Å². The lowest BCUT2D eigenvalue weighted by atomic mass is 9.26. The number of benzene rings is 3. The molecule has 4 aromatic rings. The molecule has 1 aliphatic rings. The number of hydrogen-bond acceptors (Lipinski definition) is 3. The second-order valence-electron chi connectivity index (χ2n) is 11.0. The van der Waals surface area contributed by atoms with Crippen molar-refractivity contribution in [2.24, 2.45) is 0 Å². The van der Waals surface area contributed by atoms with Gasteiger partial charge in [-0.3, -0.25) is 4.79 Å². The Morgan fingerprint density at radius 1 is 1.07 bits per heavy atom. The van der Waals surface area contributed by atoms with E-state index in [0.717, 1.165) is 39.4 Å². The molecule has 42 heavy (non-hydrogen) atoms. The van der Waals surface area contributed by atoms with Crippen molar-refractivity contribution in [3.05, 3.63) is 82.9 Å². The summed E-state index contributed by atoms with van der Waals surface area (Å²) in [5.74, 6) is 6.54. The van der Waals surface area contributed by atoms with E-state index in [1.165, 1.54) is 0 Å². The Morgan fingerprint density at radius 3 is 2.38 bits per heavy atom. The summed E-state index contributed by atoms with van der Waals surface area (Å²) in [6, 6.07) is 15.8. The Labute approximate surface area is 255 Å². The first kappa shape index (κ1) is 30.5. The van der Waals surface area contributed by atoms with Crippen LogP contribution < -0.4 is 5.30 Å². The van der Waals surface area contributed by atoms with E-state index in [0.29, 0.717) is 23.3 Å². The number of rotatable bonds is 7. The summed E-state index contributed by atoms with van der Waals surface area (Å²) in [6.45, 7) is 5.80. The van der Waals surface area contributed by atoms with Crippen LogP contribution in [0.2, 0.25) is 5.11 Å². The van der Waals surface area contributed by atoms with Crippen LogP contribution in [0.15, 0.2) is 54.6 Å².